The third kappa shape index (κ3) is 2.39. The highest BCUT2D eigenvalue weighted by Crippen LogP contribution is 2.26. The Morgan fingerprint density at radius 3 is 2.00 bits per heavy atom. The van der Waals surface area contributed by atoms with Crippen molar-refractivity contribution in [2.24, 2.45) is 5.73 Å². The first-order chi connectivity index (χ1) is 7.05. The molecule has 0 fully saturated rings. The number of nitrogens with two attached hydrogens (primary N) is 1. The van der Waals surface area contributed by atoms with E-state index < -0.39 is 40.4 Å². The van der Waals surface area contributed by atoms with E-state index in [1.54, 1.807) is 0 Å². The summed E-state index contributed by atoms with van der Waals surface area (Å²) in [5.41, 5.74) is 4.39. The fraction of sp³-hybridized carbons (Fsp3) is 0.333. The fourth-order valence-electron chi connectivity index (χ4n) is 0.974. The molecule has 1 amide bonds. The molecule has 0 aliphatic heterocycles. The highest BCUT2D eigenvalue weighted by molar-refractivity contribution is 7.93. The summed E-state index contributed by atoms with van der Waals surface area (Å²) in [7, 11) is -7.51. The van der Waals surface area contributed by atoms with Crippen LogP contribution in [0.1, 0.15) is 10.4 Å². The van der Waals surface area contributed by atoms with Crippen LogP contribution in [0.15, 0.2) is 9.24 Å². The van der Waals surface area contributed by atoms with Gasteiger partial charge in [0.25, 0.3) is 5.91 Å². The van der Waals surface area contributed by atoms with E-state index in [0.717, 1.165) is 12.5 Å². The van der Waals surface area contributed by atoms with Gasteiger partial charge in [-0.3, -0.25) is 4.79 Å². The Kier molecular flexibility index (Phi) is 3.09. The van der Waals surface area contributed by atoms with Crippen LogP contribution in [0.25, 0.3) is 0 Å². The molecule has 0 radical (unpaired) electrons. The SMILES string of the molecule is CS(=O)(=O)c1nsc(S(C)(=O)=O)c1C(N)=O. The zero-order valence-corrected chi connectivity index (χ0v) is 10.7. The number of amides is 1. The second-order valence-corrected chi connectivity index (χ2v) is 7.97. The minimum Gasteiger partial charge on any atom is -0.365 e. The van der Waals surface area contributed by atoms with Gasteiger partial charge in [-0.2, -0.15) is 4.37 Å². The normalized spacial score (nSPS) is 12.6. The van der Waals surface area contributed by atoms with Gasteiger partial charge in [0.2, 0.25) is 0 Å². The summed E-state index contributed by atoms with van der Waals surface area (Å²) in [6.07, 6.45) is 1.67. The molecule has 10 heteroatoms. The monoisotopic (exact) mass is 284 g/mol. The zero-order chi connectivity index (χ0) is 12.7. The van der Waals surface area contributed by atoms with Crippen molar-refractivity contribution in [1.29, 1.82) is 0 Å². The lowest BCUT2D eigenvalue weighted by Crippen LogP contribution is -2.17. The van der Waals surface area contributed by atoms with Gasteiger partial charge in [-0.25, -0.2) is 16.8 Å². The summed E-state index contributed by atoms with van der Waals surface area (Å²) < 4.78 is 48.0. The molecule has 0 aliphatic rings. The molecule has 7 nitrogen and oxygen atoms in total. The minimum atomic E-state index is -3.78. The van der Waals surface area contributed by atoms with Gasteiger partial charge in [-0.1, -0.05) is 0 Å². The van der Waals surface area contributed by atoms with Crippen molar-refractivity contribution in [2.45, 2.75) is 9.24 Å². The van der Waals surface area contributed by atoms with Crippen LogP contribution >= 0.6 is 11.5 Å². The Balaban J connectivity index is 3.73. The lowest BCUT2D eigenvalue weighted by Gasteiger charge is -1.98. The molecule has 0 aromatic carbocycles. The standard InChI is InChI=1S/C6H8N2O5S3/c1-15(10,11)5-3(4(7)9)6(14-8-5)16(2,12)13/h1-2H3,(H2,7,9). The molecule has 16 heavy (non-hydrogen) atoms. The van der Waals surface area contributed by atoms with Gasteiger partial charge in [0.05, 0.1) is 0 Å². The van der Waals surface area contributed by atoms with E-state index in [1.807, 2.05) is 0 Å². The van der Waals surface area contributed by atoms with Crippen LogP contribution in [0.2, 0.25) is 0 Å². The number of rotatable bonds is 3. The number of primary amides is 1. The number of carbonyl (C=O) groups excluding carboxylic acids is 1. The number of aromatic nitrogens is 1. The van der Waals surface area contributed by atoms with E-state index in [0.29, 0.717) is 11.5 Å². The van der Waals surface area contributed by atoms with E-state index in [2.05, 4.69) is 4.37 Å². The van der Waals surface area contributed by atoms with Crippen molar-refractivity contribution in [3.63, 3.8) is 0 Å². The predicted octanol–water partition coefficient (Wildman–Crippen LogP) is -0.951. The van der Waals surface area contributed by atoms with Gasteiger partial charge in [-0.15, -0.1) is 0 Å². The Morgan fingerprint density at radius 1 is 1.19 bits per heavy atom. The number of sulfone groups is 2. The number of carbonyl (C=O) groups is 1. The zero-order valence-electron chi connectivity index (χ0n) is 8.29. The molecule has 1 heterocycles. The van der Waals surface area contributed by atoms with Crippen molar-refractivity contribution in [1.82, 2.24) is 4.37 Å². The van der Waals surface area contributed by atoms with Crippen molar-refractivity contribution >= 4 is 37.1 Å². The number of hydrogen-bond donors (Lipinski definition) is 1. The third-order valence-electron chi connectivity index (χ3n) is 1.56. The minimum absolute atomic E-state index is 0.420. The van der Waals surface area contributed by atoms with E-state index in [1.165, 1.54) is 0 Å². The number of hydrogen-bond acceptors (Lipinski definition) is 7. The highest BCUT2D eigenvalue weighted by atomic mass is 32.2. The van der Waals surface area contributed by atoms with E-state index in [4.69, 9.17) is 5.73 Å². The molecular formula is C6H8N2O5S3. The van der Waals surface area contributed by atoms with Crippen molar-refractivity contribution in [3.8, 4) is 0 Å². The molecule has 0 saturated carbocycles. The highest BCUT2D eigenvalue weighted by Gasteiger charge is 2.29. The van der Waals surface area contributed by atoms with Gasteiger partial charge in [0.15, 0.2) is 28.9 Å². The first-order valence-corrected chi connectivity index (χ1v) is 8.30. The Bertz CT molecular complexity index is 590. The van der Waals surface area contributed by atoms with Gasteiger partial charge >= 0.3 is 0 Å². The van der Waals surface area contributed by atoms with E-state index >= 15 is 0 Å². The molecule has 0 atom stereocenters. The van der Waals surface area contributed by atoms with Crippen LogP contribution in [0.4, 0.5) is 0 Å². The Hall–Kier alpha value is -1.00. The van der Waals surface area contributed by atoms with Gasteiger partial charge < -0.3 is 5.73 Å². The molecule has 0 spiro atoms. The second kappa shape index (κ2) is 3.79. The van der Waals surface area contributed by atoms with E-state index in [-0.39, 0.29) is 0 Å². The molecular weight excluding hydrogens is 276 g/mol. The Morgan fingerprint density at radius 2 is 1.69 bits per heavy atom. The number of nitrogens with zero attached hydrogens (tertiary/aromatic N) is 1. The summed E-state index contributed by atoms with van der Waals surface area (Å²) in [6.45, 7) is 0. The summed E-state index contributed by atoms with van der Waals surface area (Å²) in [5.74, 6) is -1.13. The smallest absolute Gasteiger partial charge is 0.253 e. The van der Waals surface area contributed by atoms with Gasteiger partial charge in [-0.05, 0) is 11.5 Å². The van der Waals surface area contributed by atoms with Crippen LogP contribution < -0.4 is 5.73 Å². The van der Waals surface area contributed by atoms with Crippen LogP contribution in [0.5, 0.6) is 0 Å². The average molecular weight is 284 g/mol. The summed E-state index contributed by atoms with van der Waals surface area (Å²) >= 11 is 0.420. The van der Waals surface area contributed by atoms with Crippen molar-refractivity contribution in [2.75, 3.05) is 12.5 Å². The molecule has 0 unspecified atom stereocenters. The predicted molar refractivity (Wildman–Crippen MR) is 56.9 cm³/mol. The summed E-state index contributed by atoms with van der Waals surface area (Å²) in [4.78, 5) is 11.1. The quantitative estimate of drug-likeness (QED) is 0.763. The lowest BCUT2D eigenvalue weighted by atomic mass is 10.4. The van der Waals surface area contributed by atoms with Crippen molar-refractivity contribution < 1.29 is 21.6 Å². The molecule has 0 bridgehead atoms. The maximum Gasteiger partial charge on any atom is 0.253 e. The maximum atomic E-state index is 11.3. The molecule has 0 saturated heterocycles. The molecule has 1 aromatic rings. The van der Waals surface area contributed by atoms with Crippen LogP contribution in [-0.2, 0) is 19.7 Å². The van der Waals surface area contributed by atoms with Gasteiger partial charge in [0, 0.05) is 12.5 Å². The molecule has 1 aromatic heterocycles. The third-order valence-corrected chi connectivity index (χ3v) is 5.33. The first-order valence-electron chi connectivity index (χ1n) is 3.74. The van der Waals surface area contributed by atoms with Crippen molar-refractivity contribution in [3.05, 3.63) is 5.56 Å². The topological polar surface area (TPSA) is 124 Å². The molecule has 2 N–H and O–H groups in total. The maximum absolute atomic E-state index is 11.3. The summed E-state index contributed by atoms with van der Waals surface area (Å²) in [5, 5.41) is -0.592. The lowest BCUT2D eigenvalue weighted by molar-refractivity contribution is 0.0994. The molecule has 1 rings (SSSR count). The van der Waals surface area contributed by atoms with E-state index in [9.17, 15) is 21.6 Å². The molecule has 90 valence electrons. The van der Waals surface area contributed by atoms with Crippen LogP contribution in [0, 0.1) is 0 Å². The second-order valence-electron chi connectivity index (χ2n) is 3.06. The largest absolute Gasteiger partial charge is 0.365 e. The molecule has 0 aliphatic carbocycles. The summed E-state index contributed by atoms with van der Waals surface area (Å²) in [6, 6.07) is 0. The first kappa shape index (κ1) is 13.1. The fourth-order valence-corrected chi connectivity index (χ4v) is 4.10. The van der Waals surface area contributed by atoms with Crippen LogP contribution in [-0.4, -0.2) is 39.6 Å². The average Bonchev–Trinajstić information content (AvgIpc) is 2.43. The van der Waals surface area contributed by atoms with Gasteiger partial charge in [0.1, 0.15) is 5.56 Å². The Labute approximate surface area is 96.3 Å². The van der Waals surface area contributed by atoms with Crippen LogP contribution in [0.3, 0.4) is 0 Å².